The number of nitrogens with one attached hydrogen (secondary N) is 10. The van der Waals surface area contributed by atoms with Gasteiger partial charge in [-0.3, -0.25) is 43.2 Å². The molecule has 2 saturated heterocycles. The zero-order valence-corrected chi connectivity index (χ0v) is 68.0. The Hall–Kier alpha value is -10.6. The molecule has 7 heterocycles. The van der Waals surface area contributed by atoms with Crippen molar-refractivity contribution in [3.63, 3.8) is 0 Å². The summed E-state index contributed by atoms with van der Waals surface area (Å²) in [5, 5.41) is 152. The number of aromatic hydroxyl groups is 3. The van der Waals surface area contributed by atoms with Crippen molar-refractivity contribution < 1.29 is 133 Å². The van der Waals surface area contributed by atoms with Crippen LogP contribution < -0.4 is 73.1 Å². The Kier molecular flexibility index (Phi) is 31.7. The number of phenolic OH excluding ortho intramolecular Hbond substituents is 3. The summed E-state index contributed by atoms with van der Waals surface area (Å²) in [6.45, 7) is 9.80. The van der Waals surface area contributed by atoms with E-state index < -0.39 is 256 Å². The number of carbonyl (C=O) groups excluding carboxylic acids is 8. The molecule has 11 bridgehead atoms. The maximum Gasteiger partial charge on any atom is 0.326 e. The number of fused-ring (bicyclic) bond motifs is 15. The minimum atomic E-state index is -2.38. The fourth-order valence-corrected chi connectivity index (χ4v) is 15.4. The van der Waals surface area contributed by atoms with Crippen molar-refractivity contribution >= 4 is 70.8 Å². The lowest BCUT2D eigenvalue weighted by atomic mass is 9.85. The first-order valence-electron chi connectivity index (χ1n) is 40.0. The number of amides is 8. The first kappa shape index (κ1) is 92.7. The van der Waals surface area contributed by atoms with Crippen LogP contribution in [0.2, 0.25) is 5.02 Å². The number of rotatable bonds is 30. The van der Waals surface area contributed by atoms with Gasteiger partial charge in [0.25, 0.3) is 0 Å². The lowest BCUT2D eigenvalue weighted by Crippen LogP contribution is -2.65. The molecule has 3 unspecified atom stereocenters. The number of aliphatic carboxylic acids is 2. The number of aliphatic hydroxyl groups is 6. The minimum absolute atomic E-state index is 0.117. The number of hydrogen-bond acceptors (Lipinski definition) is 28. The summed E-state index contributed by atoms with van der Waals surface area (Å²) in [7, 11) is 1.47. The SMILES string of the molecule is CCCCCCCCCCNCCN[C@@]1(C)C[C@H](O[C@H]2[C@H](Oc3c4cc5cc3Oc3ccc(cc3Cl)[C@@H](O)C(NC(=O)[C@H](CC(C)C)NC)C(=O)N[C@@H](CC(N)=O)C(=O)N[C@H]5C(=O)NC3C(=O)N[C@H](C(=O)N[C@H](C(=O)NC(CC(=O)O)C(=O)O)c5cc(O)cc(O)c5-c5cc3ccc5O)[C@H](O)c3ccc(cc3)O4)O[C@H](CO)[C@@H](O)[C@@H]2O)O[C@@H](C)[C@H]1O. The average molecular weight is 1710 g/mol. The molecule has 19 atom stereocenters. The Bertz CT molecular complexity index is 4580. The Morgan fingerprint density at radius 1 is 0.678 bits per heavy atom. The third-order valence-corrected chi connectivity index (χ3v) is 22.0. The fraction of sp³-hybridized carbons (Fsp3) is 0.512. The zero-order valence-electron chi connectivity index (χ0n) is 67.3. The first-order chi connectivity index (χ1) is 57.5. The van der Waals surface area contributed by atoms with Gasteiger partial charge in [0.2, 0.25) is 59.3 Å². The van der Waals surface area contributed by atoms with Crippen LogP contribution in [0.3, 0.4) is 0 Å². The van der Waals surface area contributed by atoms with Gasteiger partial charge in [-0.2, -0.15) is 0 Å². The molecular weight excluding hydrogens is 1610 g/mol. The van der Waals surface area contributed by atoms with E-state index in [-0.39, 0.29) is 46.4 Å². The second-order valence-electron chi connectivity index (χ2n) is 31.3. The van der Waals surface area contributed by atoms with E-state index in [1.165, 1.54) is 75.5 Å². The number of carboxylic acid groups (broad SMARTS) is 2. The number of ether oxygens (including phenoxy) is 6. The molecule has 39 heteroatoms. The quantitative estimate of drug-likeness (QED) is 0.0291. The molecule has 5 aromatic carbocycles. The lowest BCUT2D eigenvalue weighted by Gasteiger charge is -2.48. The highest BCUT2D eigenvalue weighted by atomic mass is 35.5. The van der Waals surface area contributed by atoms with E-state index in [1.807, 2.05) is 19.2 Å². The van der Waals surface area contributed by atoms with Crippen molar-refractivity contribution in [2.75, 3.05) is 33.3 Å². The molecule has 0 aromatic heterocycles. The van der Waals surface area contributed by atoms with Crippen LogP contribution in [0.1, 0.15) is 170 Å². The number of likely N-dealkylation sites (N-methyl/N-ethyl adjacent to an activating group) is 1. The highest BCUT2D eigenvalue weighted by molar-refractivity contribution is 6.32. The summed E-state index contributed by atoms with van der Waals surface area (Å²) in [5.41, 5.74) is 1.51. The predicted molar refractivity (Wildman–Crippen MR) is 428 cm³/mol. The van der Waals surface area contributed by atoms with Gasteiger partial charge < -0.3 is 143 Å². The van der Waals surface area contributed by atoms with Crippen LogP contribution in [-0.2, 0) is 62.2 Å². The highest BCUT2D eigenvalue weighted by Gasteiger charge is 2.52. The Morgan fingerprint density at radius 3 is 1.98 bits per heavy atom. The van der Waals surface area contributed by atoms with Crippen LogP contribution in [0.15, 0.2) is 84.9 Å². The molecule has 0 saturated carbocycles. The molecule has 121 heavy (non-hydrogen) atoms. The van der Waals surface area contributed by atoms with E-state index in [2.05, 4.69) is 54.8 Å². The maximum atomic E-state index is 16.3. The van der Waals surface area contributed by atoms with Crippen LogP contribution in [0, 0.1) is 5.92 Å². The number of nitrogens with two attached hydrogens (primary N) is 1. The van der Waals surface area contributed by atoms with E-state index >= 15 is 19.2 Å². The van der Waals surface area contributed by atoms with Gasteiger partial charge in [0, 0.05) is 42.2 Å². The van der Waals surface area contributed by atoms with Gasteiger partial charge in [0.05, 0.1) is 42.7 Å². The second-order valence-corrected chi connectivity index (χ2v) is 31.7. The topological polar surface area (TPSA) is 595 Å². The number of phenols is 3. The average Bonchev–Trinajstić information content (AvgIpc) is 0.754. The smallest absolute Gasteiger partial charge is 0.326 e. The molecule has 0 spiro atoms. The van der Waals surface area contributed by atoms with Crippen LogP contribution in [0.4, 0.5) is 0 Å². The number of carboxylic acids is 2. The Labute approximate surface area is 700 Å². The standard InChI is InChI=1S/C82H106ClN11O27/c1-7-8-9-10-11-12-13-14-23-86-24-25-87-82(5)35-59(116-38(4)72(82)106)120-71-69(105)68(104)56(36-95)119-81(71)121-70-54-29-42-30-55(70)118-53-22-18-41(28-47(53)83)67(103)65(93-73(107)48(85-6)26-37(2)3)78(112)88-49(33-57(84)99)74(108)90-62(42)76(110)91-61-40-17-21-51(97)45(27-40)60-46(31-43(96)32-52(60)98)63(77(111)89-50(80(114)115)34-58(100)101)92-79(113)64(94-75(61)109)66(102)39-15-19-44(117-54)20-16-39/h15-22,27-32,37-38,48-50,56,59,61-69,71-72,81,85-87,95-98,102-106H,7-14,23-26,33-36H2,1-6H3,(H2,84,99)(H,88,112)(H,89,111)(H,90,108)(H,91,110)(H,92,113)(H,93,107)(H,94,109)(H,100,101)(H,114,115)/t38-,48-,49-,50?,56+,59-,61?,62+,63-,64-,65?,66+,67+,68+,69-,71+,72+,81-,82-/m0/s1. The molecule has 12 rings (SSSR count). The Morgan fingerprint density at radius 2 is 1.33 bits per heavy atom. The Balaban J connectivity index is 1.16. The van der Waals surface area contributed by atoms with E-state index in [0.29, 0.717) is 13.1 Å². The van der Waals surface area contributed by atoms with Gasteiger partial charge in [-0.1, -0.05) is 102 Å². The van der Waals surface area contributed by atoms with Crippen molar-refractivity contribution in [3.8, 4) is 57.1 Å². The monoisotopic (exact) mass is 1710 g/mol. The van der Waals surface area contributed by atoms with Gasteiger partial charge in [-0.15, -0.1) is 0 Å². The molecule has 7 aliphatic heterocycles. The molecule has 0 radical (unpaired) electrons. The van der Waals surface area contributed by atoms with Crippen molar-refractivity contribution in [2.45, 2.75) is 227 Å². The van der Waals surface area contributed by atoms with Gasteiger partial charge >= 0.3 is 11.9 Å². The van der Waals surface area contributed by atoms with Crippen LogP contribution in [-0.4, -0.2) is 234 Å². The van der Waals surface area contributed by atoms with Crippen LogP contribution in [0.25, 0.3) is 11.1 Å². The molecule has 0 aliphatic carbocycles. The van der Waals surface area contributed by atoms with Gasteiger partial charge in [-0.25, -0.2) is 4.79 Å². The first-order valence-corrected chi connectivity index (χ1v) is 40.3. The van der Waals surface area contributed by atoms with Crippen molar-refractivity contribution in [2.24, 2.45) is 11.7 Å². The second kappa shape index (κ2) is 41.3. The molecule has 5 aromatic rings. The number of aliphatic hydroxyl groups excluding tert-OH is 6. The number of hydrogen-bond donors (Lipinski definition) is 22. The van der Waals surface area contributed by atoms with E-state index in [4.69, 9.17) is 45.8 Å². The molecule has 2 fully saturated rings. The minimum Gasteiger partial charge on any atom is -0.508 e. The number of carbonyl (C=O) groups is 10. The molecule has 8 amide bonds. The normalized spacial score (nSPS) is 26.7. The summed E-state index contributed by atoms with van der Waals surface area (Å²) >= 11 is 7.16. The number of unbranched alkanes of at least 4 members (excludes halogenated alkanes) is 7. The molecule has 38 nitrogen and oxygen atoms in total. The summed E-state index contributed by atoms with van der Waals surface area (Å²) < 4.78 is 39.5. The van der Waals surface area contributed by atoms with Crippen molar-refractivity contribution in [1.82, 2.24) is 53.2 Å². The summed E-state index contributed by atoms with van der Waals surface area (Å²) in [6.07, 6.45) is -10.5. The predicted octanol–water partition coefficient (Wildman–Crippen LogP) is 1.77. The van der Waals surface area contributed by atoms with E-state index in [1.54, 1.807) is 13.8 Å². The highest BCUT2D eigenvalue weighted by Crippen LogP contribution is 2.49. The fourth-order valence-electron chi connectivity index (χ4n) is 15.2. The van der Waals surface area contributed by atoms with Gasteiger partial charge in [0.15, 0.2) is 23.9 Å². The lowest BCUT2D eigenvalue weighted by molar-refractivity contribution is -0.334. The van der Waals surface area contributed by atoms with Gasteiger partial charge in [0.1, 0.15) is 102 Å². The zero-order chi connectivity index (χ0) is 88.0. The van der Waals surface area contributed by atoms with Crippen molar-refractivity contribution in [1.29, 1.82) is 0 Å². The summed E-state index contributed by atoms with van der Waals surface area (Å²) in [5.74, 6) is -19.5. The van der Waals surface area contributed by atoms with Gasteiger partial charge in [-0.05, 0) is 129 Å². The molecule has 23 N–H and O–H groups in total. The van der Waals surface area contributed by atoms with Crippen LogP contribution in [0.5, 0.6) is 46.0 Å². The maximum absolute atomic E-state index is 16.3. The third kappa shape index (κ3) is 22.8. The third-order valence-electron chi connectivity index (χ3n) is 21.7. The largest absolute Gasteiger partial charge is 0.508 e. The summed E-state index contributed by atoms with van der Waals surface area (Å²) in [6, 6.07) is -1.99. The molecular formula is C82H106ClN11O27. The van der Waals surface area contributed by atoms with Crippen molar-refractivity contribution in [3.05, 3.63) is 118 Å². The van der Waals surface area contributed by atoms with E-state index in [0.717, 1.165) is 74.3 Å². The molecule has 658 valence electrons. The van der Waals surface area contributed by atoms with Crippen LogP contribution >= 0.6 is 11.6 Å². The summed E-state index contributed by atoms with van der Waals surface area (Å²) in [4.78, 5) is 145. The number of primary amides is 1. The van der Waals surface area contributed by atoms with E-state index in [9.17, 15) is 84.9 Å². The molecule has 7 aliphatic rings. The number of halogens is 1. The number of benzene rings is 5.